The second kappa shape index (κ2) is 7.93. The van der Waals surface area contributed by atoms with Crippen molar-refractivity contribution < 1.29 is 14.4 Å². The van der Waals surface area contributed by atoms with Gasteiger partial charge in [-0.2, -0.15) is 0 Å². The highest BCUT2D eigenvalue weighted by Gasteiger charge is 2.25. The summed E-state index contributed by atoms with van der Waals surface area (Å²) in [5, 5.41) is 5.29. The predicted octanol–water partition coefficient (Wildman–Crippen LogP) is 1.20. The Balaban J connectivity index is 2.32. The largest absolute Gasteiger partial charge is 0.369 e. The van der Waals surface area contributed by atoms with E-state index in [1.807, 2.05) is 0 Å². The Morgan fingerprint density at radius 2 is 1.73 bits per heavy atom. The first kappa shape index (κ1) is 18.2. The first-order chi connectivity index (χ1) is 10.2. The molecule has 1 rings (SSSR count). The number of hydrogen-bond donors (Lipinski definition) is 3. The lowest BCUT2D eigenvalue weighted by Gasteiger charge is -2.20. The summed E-state index contributed by atoms with van der Waals surface area (Å²) in [7, 11) is 0. The molecule has 22 heavy (non-hydrogen) atoms. The van der Waals surface area contributed by atoms with Gasteiger partial charge in [-0.15, -0.1) is 0 Å². The summed E-state index contributed by atoms with van der Waals surface area (Å²) < 4.78 is 0.889. The molecule has 0 unspecified atom stereocenters. The molecular weight excluding hydrogens is 350 g/mol. The number of rotatable bonds is 7. The topological polar surface area (TPSA) is 101 Å². The highest BCUT2D eigenvalue weighted by molar-refractivity contribution is 9.10. The van der Waals surface area contributed by atoms with Crippen LogP contribution in [0.2, 0.25) is 0 Å². The van der Waals surface area contributed by atoms with Crippen molar-refractivity contribution in [2.24, 2.45) is 11.1 Å². The van der Waals surface area contributed by atoms with Crippen molar-refractivity contribution in [1.82, 2.24) is 10.6 Å². The van der Waals surface area contributed by atoms with Gasteiger partial charge in [0, 0.05) is 29.5 Å². The molecule has 120 valence electrons. The van der Waals surface area contributed by atoms with E-state index < -0.39 is 11.3 Å². The molecular formula is C15H20BrN3O3. The summed E-state index contributed by atoms with van der Waals surface area (Å²) in [6, 6.07) is 6.92. The molecule has 0 saturated carbocycles. The Labute approximate surface area is 138 Å². The van der Waals surface area contributed by atoms with E-state index in [-0.39, 0.29) is 31.3 Å². The lowest BCUT2D eigenvalue weighted by molar-refractivity contribution is -0.127. The zero-order valence-corrected chi connectivity index (χ0v) is 14.2. The molecule has 0 spiro atoms. The Kier molecular flexibility index (Phi) is 6.55. The number of benzene rings is 1. The lowest BCUT2D eigenvalue weighted by Crippen LogP contribution is -2.43. The van der Waals surface area contributed by atoms with Gasteiger partial charge in [0.05, 0.1) is 5.41 Å². The Hall–Kier alpha value is -1.89. The zero-order chi connectivity index (χ0) is 16.8. The summed E-state index contributed by atoms with van der Waals surface area (Å²) >= 11 is 3.29. The highest BCUT2D eigenvalue weighted by atomic mass is 79.9. The van der Waals surface area contributed by atoms with Gasteiger partial charge in [-0.05, 0) is 38.1 Å². The van der Waals surface area contributed by atoms with Crippen LogP contribution in [0.5, 0.6) is 0 Å². The van der Waals surface area contributed by atoms with Crippen molar-refractivity contribution in [3.8, 4) is 0 Å². The van der Waals surface area contributed by atoms with Crippen molar-refractivity contribution in [1.29, 1.82) is 0 Å². The molecule has 7 heteroatoms. The third kappa shape index (κ3) is 5.85. The third-order valence-electron chi connectivity index (χ3n) is 3.14. The van der Waals surface area contributed by atoms with Gasteiger partial charge in [0.1, 0.15) is 0 Å². The molecule has 0 fully saturated rings. The van der Waals surface area contributed by atoms with E-state index >= 15 is 0 Å². The number of amides is 3. The first-order valence-corrected chi connectivity index (χ1v) is 7.62. The molecule has 1 aromatic carbocycles. The lowest BCUT2D eigenvalue weighted by atomic mass is 9.93. The molecule has 0 aliphatic rings. The molecule has 0 atom stereocenters. The van der Waals surface area contributed by atoms with Crippen LogP contribution in [-0.2, 0) is 9.59 Å². The second-order valence-corrected chi connectivity index (χ2v) is 6.45. The van der Waals surface area contributed by atoms with Crippen LogP contribution in [0.4, 0.5) is 0 Å². The number of nitrogens with two attached hydrogens (primary N) is 1. The minimum Gasteiger partial charge on any atom is -0.369 e. The van der Waals surface area contributed by atoms with E-state index in [0.29, 0.717) is 5.56 Å². The van der Waals surface area contributed by atoms with Gasteiger partial charge in [0.15, 0.2) is 0 Å². The van der Waals surface area contributed by atoms with Crippen LogP contribution >= 0.6 is 15.9 Å². The minimum atomic E-state index is -0.795. The van der Waals surface area contributed by atoms with Gasteiger partial charge in [-0.25, -0.2) is 0 Å². The maximum absolute atomic E-state index is 11.8. The number of carbonyl (C=O) groups excluding carboxylic acids is 3. The average Bonchev–Trinajstić information content (AvgIpc) is 2.45. The molecule has 0 aliphatic heterocycles. The van der Waals surface area contributed by atoms with E-state index in [4.69, 9.17) is 5.73 Å². The minimum absolute atomic E-state index is 0.136. The van der Waals surface area contributed by atoms with Crippen LogP contribution in [0.3, 0.4) is 0 Å². The van der Waals surface area contributed by atoms with Gasteiger partial charge in [0.2, 0.25) is 11.8 Å². The maximum Gasteiger partial charge on any atom is 0.251 e. The molecule has 0 aromatic heterocycles. The standard InChI is InChI=1S/C15H20BrN3O3/c1-15(2,14(17)22)9-19-12(20)7-8-18-13(21)10-3-5-11(16)6-4-10/h3-6H,7-9H2,1-2H3,(H2,17,22)(H,18,21)(H,19,20). The van der Waals surface area contributed by atoms with Crippen LogP contribution in [0.25, 0.3) is 0 Å². The highest BCUT2D eigenvalue weighted by Crippen LogP contribution is 2.12. The average molecular weight is 370 g/mol. The fourth-order valence-corrected chi connectivity index (χ4v) is 1.75. The molecule has 0 aliphatic carbocycles. The van der Waals surface area contributed by atoms with Gasteiger partial charge in [-0.1, -0.05) is 15.9 Å². The molecule has 0 bridgehead atoms. The van der Waals surface area contributed by atoms with E-state index in [1.165, 1.54) is 0 Å². The van der Waals surface area contributed by atoms with E-state index in [1.54, 1.807) is 38.1 Å². The van der Waals surface area contributed by atoms with Crippen molar-refractivity contribution >= 4 is 33.7 Å². The van der Waals surface area contributed by atoms with Gasteiger partial charge >= 0.3 is 0 Å². The molecule has 1 aromatic rings. The summed E-state index contributed by atoms with van der Waals surface area (Å²) in [5.41, 5.74) is 4.95. The SMILES string of the molecule is CC(C)(CNC(=O)CCNC(=O)c1ccc(Br)cc1)C(N)=O. The fraction of sp³-hybridized carbons (Fsp3) is 0.400. The zero-order valence-electron chi connectivity index (χ0n) is 12.6. The van der Waals surface area contributed by atoms with Crippen LogP contribution in [0.1, 0.15) is 30.6 Å². The maximum atomic E-state index is 11.8. The number of halogens is 1. The number of carbonyl (C=O) groups is 3. The summed E-state index contributed by atoms with van der Waals surface area (Å²) in [4.78, 5) is 34.6. The van der Waals surface area contributed by atoms with Crippen LogP contribution in [0.15, 0.2) is 28.7 Å². The molecule has 0 radical (unpaired) electrons. The fourth-order valence-electron chi connectivity index (χ4n) is 1.49. The monoisotopic (exact) mass is 369 g/mol. The summed E-state index contributed by atoms with van der Waals surface area (Å²) in [6.45, 7) is 3.70. The second-order valence-electron chi connectivity index (χ2n) is 5.54. The summed E-state index contributed by atoms with van der Waals surface area (Å²) in [5.74, 6) is -0.959. The normalized spacial score (nSPS) is 10.9. The number of primary amides is 1. The van der Waals surface area contributed by atoms with Crippen molar-refractivity contribution in [3.05, 3.63) is 34.3 Å². The quantitative estimate of drug-likeness (QED) is 0.672. The molecule has 3 amide bonds. The molecule has 4 N–H and O–H groups in total. The number of nitrogens with one attached hydrogen (secondary N) is 2. The van der Waals surface area contributed by atoms with Crippen molar-refractivity contribution in [2.45, 2.75) is 20.3 Å². The van der Waals surface area contributed by atoms with E-state index in [2.05, 4.69) is 26.6 Å². The predicted molar refractivity (Wildman–Crippen MR) is 87.1 cm³/mol. The smallest absolute Gasteiger partial charge is 0.251 e. The van der Waals surface area contributed by atoms with E-state index in [0.717, 1.165) is 4.47 Å². The Morgan fingerprint density at radius 3 is 2.27 bits per heavy atom. The van der Waals surface area contributed by atoms with Gasteiger partial charge in [-0.3, -0.25) is 14.4 Å². The van der Waals surface area contributed by atoms with E-state index in [9.17, 15) is 14.4 Å². The number of hydrogen-bond acceptors (Lipinski definition) is 3. The molecule has 0 saturated heterocycles. The first-order valence-electron chi connectivity index (χ1n) is 6.83. The Bertz CT molecular complexity index is 556. The third-order valence-corrected chi connectivity index (χ3v) is 3.67. The van der Waals surface area contributed by atoms with Crippen molar-refractivity contribution in [3.63, 3.8) is 0 Å². The molecule has 6 nitrogen and oxygen atoms in total. The van der Waals surface area contributed by atoms with Crippen LogP contribution in [-0.4, -0.2) is 30.8 Å². The van der Waals surface area contributed by atoms with Crippen molar-refractivity contribution in [2.75, 3.05) is 13.1 Å². The van der Waals surface area contributed by atoms with Gasteiger partial charge in [0.25, 0.3) is 5.91 Å². The molecule has 0 heterocycles. The summed E-state index contributed by atoms with van der Waals surface area (Å²) in [6.07, 6.45) is 0.136. The Morgan fingerprint density at radius 1 is 1.14 bits per heavy atom. The van der Waals surface area contributed by atoms with Crippen LogP contribution < -0.4 is 16.4 Å². The van der Waals surface area contributed by atoms with Gasteiger partial charge < -0.3 is 16.4 Å². The van der Waals surface area contributed by atoms with Crippen LogP contribution in [0, 0.1) is 5.41 Å².